The Morgan fingerprint density at radius 3 is 2.59 bits per heavy atom. The third kappa shape index (κ3) is 5.79. The number of thiol groups is 2. The number of benzene rings is 2. The molecule has 0 saturated carbocycles. The highest BCUT2D eigenvalue weighted by Gasteiger charge is 2.23. The summed E-state index contributed by atoms with van der Waals surface area (Å²) in [4.78, 5) is 34.7. The topological polar surface area (TPSA) is 128 Å². The third-order valence-electron chi connectivity index (χ3n) is 5.32. The van der Waals surface area contributed by atoms with Gasteiger partial charge in [0.1, 0.15) is 5.82 Å². The van der Waals surface area contributed by atoms with Gasteiger partial charge in [0, 0.05) is 36.1 Å². The molecule has 9 nitrogen and oxygen atoms in total. The molecule has 1 fully saturated rings. The van der Waals surface area contributed by atoms with Gasteiger partial charge in [-0.25, -0.2) is 14.8 Å². The summed E-state index contributed by atoms with van der Waals surface area (Å²) in [7, 11) is 0. The van der Waals surface area contributed by atoms with Crippen LogP contribution in [0.4, 0.5) is 22.9 Å². The second-order valence-electron chi connectivity index (χ2n) is 7.85. The number of hydrogen-bond acceptors (Lipinski definition) is 9. The predicted molar refractivity (Wildman–Crippen MR) is 135 cm³/mol. The van der Waals surface area contributed by atoms with Crippen LogP contribution in [-0.4, -0.2) is 51.3 Å². The molecule has 1 amide bonds. The summed E-state index contributed by atoms with van der Waals surface area (Å²) in [5, 5.41) is 26.3. The van der Waals surface area contributed by atoms with Crippen LogP contribution in [0.3, 0.4) is 0 Å². The molecular formula is C23H23N5O4S2. The fourth-order valence-electron chi connectivity index (χ4n) is 3.80. The number of nitrogens with one attached hydrogen (secondary N) is 2. The van der Waals surface area contributed by atoms with Crippen LogP contribution in [0, 0.1) is 0 Å². The predicted octanol–water partition coefficient (Wildman–Crippen LogP) is 3.71. The number of nitrogens with zero attached hydrogens (tertiary/aromatic N) is 3. The van der Waals surface area contributed by atoms with E-state index in [1.54, 1.807) is 30.3 Å². The van der Waals surface area contributed by atoms with Crippen LogP contribution in [0.2, 0.25) is 0 Å². The second-order valence-corrected chi connectivity index (χ2v) is 8.71. The van der Waals surface area contributed by atoms with Crippen molar-refractivity contribution < 1.29 is 19.8 Å². The number of aliphatic hydroxyl groups excluding tert-OH is 1. The van der Waals surface area contributed by atoms with Gasteiger partial charge in [-0.2, -0.15) is 0 Å². The van der Waals surface area contributed by atoms with Crippen LogP contribution in [0.5, 0.6) is 0 Å². The maximum absolute atomic E-state index is 13.0. The Morgan fingerprint density at radius 2 is 1.85 bits per heavy atom. The van der Waals surface area contributed by atoms with E-state index in [0.717, 1.165) is 6.42 Å². The van der Waals surface area contributed by atoms with E-state index in [2.05, 4.69) is 45.9 Å². The smallest absolute Gasteiger partial charge is 0.337 e. The average molecular weight is 498 g/mol. The van der Waals surface area contributed by atoms with Crippen molar-refractivity contribution in [2.75, 3.05) is 28.6 Å². The Labute approximate surface area is 207 Å². The number of β-amino-alcohol motifs (C(OH)–C–C–N with tert-alkyl or cyclic N) is 1. The normalized spacial score (nSPS) is 15.6. The summed E-state index contributed by atoms with van der Waals surface area (Å²) >= 11 is 8.36. The van der Waals surface area contributed by atoms with Crippen molar-refractivity contribution in [1.82, 2.24) is 9.97 Å². The fourth-order valence-corrected chi connectivity index (χ4v) is 4.31. The minimum Gasteiger partial charge on any atom is -0.478 e. The molecule has 1 aliphatic heterocycles. The van der Waals surface area contributed by atoms with Gasteiger partial charge < -0.3 is 25.7 Å². The van der Waals surface area contributed by atoms with Gasteiger partial charge in [-0.3, -0.25) is 4.79 Å². The van der Waals surface area contributed by atoms with Crippen LogP contribution < -0.4 is 15.5 Å². The second kappa shape index (κ2) is 10.3. The Morgan fingerprint density at radius 1 is 1.06 bits per heavy atom. The quantitative estimate of drug-likeness (QED) is 0.173. The van der Waals surface area contributed by atoms with E-state index in [0.29, 0.717) is 53.0 Å². The summed E-state index contributed by atoms with van der Waals surface area (Å²) in [5.74, 6) is -0.962. The van der Waals surface area contributed by atoms with Crippen molar-refractivity contribution in [1.29, 1.82) is 0 Å². The van der Waals surface area contributed by atoms with Gasteiger partial charge in [-0.1, -0.05) is 6.07 Å². The number of amides is 1. The van der Waals surface area contributed by atoms with E-state index >= 15 is 0 Å². The maximum atomic E-state index is 13.0. The SMILES string of the molecule is O=C(Nc1cccc(Nc2cc(S)nc(S)n2)c1)c1ccc(C(=O)O)c(N2CCCC(O)C2)c1. The molecule has 0 aliphatic carbocycles. The highest BCUT2D eigenvalue weighted by atomic mass is 32.1. The standard InChI is InChI=1S/C23H23N5O4S2/c29-16-5-2-8-28(12-16)18-9-13(6-7-17(18)22(31)32)21(30)25-15-4-1-3-14(10-15)24-19-11-20(33)27-23(34)26-19/h1,3-4,6-7,9-11,16,29H,2,5,8,12H2,(H,25,30)(H,31,32)(H3,24,26,27,33,34). The Kier molecular flexibility index (Phi) is 7.25. The van der Waals surface area contributed by atoms with E-state index in [-0.39, 0.29) is 16.6 Å². The number of aliphatic hydroxyl groups is 1. The molecular weight excluding hydrogens is 474 g/mol. The minimum absolute atomic E-state index is 0.0915. The van der Waals surface area contributed by atoms with Crippen molar-refractivity contribution in [3.63, 3.8) is 0 Å². The third-order valence-corrected chi connectivity index (χ3v) is 5.75. The van der Waals surface area contributed by atoms with Crippen molar-refractivity contribution in [3.05, 3.63) is 59.7 Å². The zero-order valence-electron chi connectivity index (χ0n) is 18.0. The Balaban J connectivity index is 1.54. The van der Waals surface area contributed by atoms with E-state index in [1.807, 2.05) is 11.0 Å². The molecule has 4 N–H and O–H groups in total. The molecule has 3 aromatic rings. The molecule has 1 saturated heterocycles. The summed E-state index contributed by atoms with van der Waals surface area (Å²) in [5.41, 5.74) is 2.05. The first-order valence-corrected chi connectivity index (χ1v) is 11.4. The van der Waals surface area contributed by atoms with Crippen LogP contribution >= 0.6 is 25.3 Å². The first-order chi connectivity index (χ1) is 16.3. The molecule has 11 heteroatoms. The monoisotopic (exact) mass is 497 g/mol. The number of carbonyl (C=O) groups excluding carboxylic acids is 1. The molecule has 34 heavy (non-hydrogen) atoms. The molecule has 176 valence electrons. The lowest BCUT2D eigenvalue weighted by Crippen LogP contribution is -2.39. The number of aromatic carboxylic acids is 1. The lowest BCUT2D eigenvalue weighted by molar-refractivity contribution is 0.0696. The number of carboxylic acid groups (broad SMARTS) is 1. The van der Waals surface area contributed by atoms with Crippen LogP contribution in [0.15, 0.2) is 58.7 Å². The molecule has 1 aromatic heterocycles. The lowest BCUT2D eigenvalue weighted by Gasteiger charge is -2.33. The molecule has 1 unspecified atom stereocenters. The first-order valence-electron chi connectivity index (χ1n) is 10.5. The highest BCUT2D eigenvalue weighted by Crippen LogP contribution is 2.27. The van der Waals surface area contributed by atoms with Crippen LogP contribution in [0.25, 0.3) is 0 Å². The minimum atomic E-state index is -1.08. The van der Waals surface area contributed by atoms with Gasteiger partial charge in [0.25, 0.3) is 5.91 Å². The van der Waals surface area contributed by atoms with E-state index in [4.69, 9.17) is 0 Å². The number of piperidine rings is 1. The number of rotatable bonds is 6. The van der Waals surface area contributed by atoms with Gasteiger partial charge in [-0.05, 0) is 49.2 Å². The largest absolute Gasteiger partial charge is 0.478 e. The molecule has 0 radical (unpaired) electrons. The Hall–Kier alpha value is -3.28. The summed E-state index contributed by atoms with van der Waals surface area (Å²) in [6.45, 7) is 0.936. The molecule has 4 rings (SSSR count). The lowest BCUT2D eigenvalue weighted by atomic mass is 10.0. The van der Waals surface area contributed by atoms with Gasteiger partial charge in [0.15, 0.2) is 5.16 Å². The van der Waals surface area contributed by atoms with Gasteiger partial charge in [0.2, 0.25) is 0 Å². The molecule has 0 spiro atoms. The van der Waals surface area contributed by atoms with Crippen LogP contribution in [0.1, 0.15) is 33.6 Å². The van der Waals surface area contributed by atoms with Crippen molar-refractivity contribution >= 4 is 60.0 Å². The fraction of sp³-hybridized carbons (Fsp3) is 0.217. The van der Waals surface area contributed by atoms with E-state index in [1.165, 1.54) is 12.1 Å². The van der Waals surface area contributed by atoms with Gasteiger partial charge >= 0.3 is 5.97 Å². The molecule has 2 aromatic carbocycles. The number of carboxylic acids is 1. The molecule has 2 heterocycles. The number of anilines is 4. The molecule has 1 atom stereocenters. The van der Waals surface area contributed by atoms with Crippen molar-refractivity contribution in [2.24, 2.45) is 0 Å². The Bertz CT molecular complexity index is 1220. The van der Waals surface area contributed by atoms with E-state index < -0.39 is 12.1 Å². The van der Waals surface area contributed by atoms with Crippen molar-refractivity contribution in [2.45, 2.75) is 29.1 Å². The van der Waals surface area contributed by atoms with Crippen LogP contribution in [-0.2, 0) is 0 Å². The zero-order chi connectivity index (χ0) is 24.2. The zero-order valence-corrected chi connectivity index (χ0v) is 19.8. The number of hydrogen-bond donors (Lipinski definition) is 6. The average Bonchev–Trinajstić information content (AvgIpc) is 2.78. The van der Waals surface area contributed by atoms with Gasteiger partial charge in [0.05, 0.1) is 22.4 Å². The number of carbonyl (C=O) groups is 2. The summed E-state index contributed by atoms with van der Waals surface area (Å²) < 4.78 is 0. The summed E-state index contributed by atoms with van der Waals surface area (Å²) in [6.07, 6.45) is 0.880. The van der Waals surface area contributed by atoms with Crippen molar-refractivity contribution in [3.8, 4) is 0 Å². The maximum Gasteiger partial charge on any atom is 0.337 e. The highest BCUT2D eigenvalue weighted by molar-refractivity contribution is 7.80. The molecule has 0 bridgehead atoms. The van der Waals surface area contributed by atoms with Gasteiger partial charge in [-0.15, -0.1) is 25.3 Å². The summed E-state index contributed by atoms with van der Waals surface area (Å²) in [6, 6.07) is 13.2. The number of aromatic nitrogens is 2. The first kappa shape index (κ1) is 23.9. The molecule has 1 aliphatic rings. The van der Waals surface area contributed by atoms with E-state index in [9.17, 15) is 19.8 Å².